The Morgan fingerprint density at radius 2 is 1.46 bits per heavy atom. The molecule has 0 fully saturated rings. The molecule has 114 heavy (non-hydrogen) atoms. The summed E-state index contributed by atoms with van der Waals surface area (Å²) in [7, 11) is 0. The van der Waals surface area contributed by atoms with Gasteiger partial charge in [-0.3, -0.25) is 20.7 Å². The standard InChI is InChI=1S/C72H85N19O18S5/c1-14-26(3)47-63(105)78-30(7)57(99)75-28(5)56(98)76-31(8)58(100)91-72-19-18-40(66-85-43(22-111-66)59(101)77-29(6)55(97)74-27(4)54(73)96)81-52(72)42-21-112-67(83-42)49(34(11)109-69(107)41-20-37(32(9)92)36-16-17-39(79-47)51(95)50(36)80-41)89-60(102)44-24-113-68(86-44)53(71(13,108)35(12)94)90-62(104)45-23-110-65(84-45)38(15-2)82-64(106)48(33(10)93)88-61(103)46-25-114-70(72)87-46/h15-17,20-22,24-26,30-35,39,45,47-49,51-53,79,92-95,108H,4-6,14,18-19,23H2,1-3,7-13H3,(H2,73,96)(H,74,97)(H,75,99)(H,76,98)(H,77,101)(H,78,105)(H,82,106)(H,88,103)(H,89,102)(H,90,104)(H,91,100)/b38-15-/t26-,30-,31-,32+,33+,34?,35+,39?,45?,47?,48-,49-,51-,52+,53+,71+,72+/m0/s1. The van der Waals surface area contributed by atoms with Crippen LogP contribution in [0.15, 0.2) is 142 Å². The average Bonchev–Trinajstić information content (AvgIpc) is 1.50. The minimum Gasteiger partial charge on any atom is -0.495 e. The number of fused-ring (bicyclic) bond motifs is 7. The van der Waals surface area contributed by atoms with Crippen molar-refractivity contribution in [1.82, 2.24) is 30.2 Å². The Morgan fingerprint density at radius 1 is 0.772 bits per heavy atom. The van der Waals surface area contributed by atoms with Crippen molar-refractivity contribution in [3.05, 3.63) is 148 Å². The fraction of sp³-hybridized carbons (Fsp3) is 0.431. The van der Waals surface area contributed by atoms with Gasteiger partial charge in [0.15, 0.2) is 11.9 Å². The summed E-state index contributed by atoms with van der Waals surface area (Å²) >= 11 is 4.59. The van der Waals surface area contributed by atoms with Crippen LogP contribution in [0.25, 0.3) is 6.08 Å². The molecule has 9 heterocycles. The van der Waals surface area contributed by atoms with E-state index in [9.17, 15) is 81.7 Å². The van der Waals surface area contributed by atoms with Gasteiger partial charge in [0.1, 0.15) is 125 Å². The number of aliphatic hydroxyl groups excluding tert-OH is 15. The number of hydrogen-bond acceptors (Lipinski definition) is 31. The predicted molar refractivity (Wildman–Crippen MR) is 438 cm³/mol. The maximum atomic E-state index is 15.1. The summed E-state index contributed by atoms with van der Waals surface area (Å²) in [5, 5.41) is 201. The van der Waals surface area contributed by atoms with Gasteiger partial charge in [-0.1, -0.05) is 58.2 Å². The minimum atomic E-state index is -2.20. The van der Waals surface area contributed by atoms with Crippen LogP contribution in [-0.2, 0) is 10.3 Å². The van der Waals surface area contributed by atoms with Gasteiger partial charge in [0.05, 0.1) is 53.2 Å². The molecule has 0 amide bonds. The van der Waals surface area contributed by atoms with Crippen LogP contribution < -0.4 is 5.32 Å². The molecule has 5 aromatic rings. The van der Waals surface area contributed by atoms with Crippen LogP contribution in [0.3, 0.4) is 0 Å². The third kappa shape index (κ3) is 18.6. The van der Waals surface area contributed by atoms with E-state index in [1.165, 1.54) is 82.1 Å². The van der Waals surface area contributed by atoms with E-state index in [0.29, 0.717) is 6.42 Å². The Hall–Kier alpha value is -10.5. The van der Waals surface area contributed by atoms with Crippen molar-refractivity contribution in [3.8, 4) is 0 Å². The third-order valence-electron chi connectivity index (χ3n) is 18.9. The average molecular weight is 1660 g/mol. The number of aliphatic hydroxyl groups is 16. The molecule has 13 bridgehead atoms. The lowest BCUT2D eigenvalue weighted by molar-refractivity contribution is -0.0698. The summed E-state index contributed by atoms with van der Waals surface area (Å²) in [6.45, 7) is 25.2. The second-order valence-electron chi connectivity index (χ2n) is 27.2. The quantitative estimate of drug-likeness (QED) is 0.0314. The first-order valence-corrected chi connectivity index (χ1v) is 39.8. The number of ether oxygens (including phenoxy) is 1. The number of carbonyl (C=O) groups is 1. The van der Waals surface area contributed by atoms with E-state index in [1.54, 1.807) is 26.0 Å². The fourth-order valence-corrected chi connectivity index (χ4v) is 16.7. The van der Waals surface area contributed by atoms with Gasteiger partial charge in [-0.15, -0.1) is 57.1 Å². The van der Waals surface area contributed by atoms with Crippen LogP contribution in [0.2, 0.25) is 0 Å². The lowest BCUT2D eigenvalue weighted by atomic mass is 9.81. The van der Waals surface area contributed by atoms with E-state index in [4.69, 9.17) is 35.1 Å². The van der Waals surface area contributed by atoms with Gasteiger partial charge in [-0.05, 0) is 85.8 Å². The van der Waals surface area contributed by atoms with Gasteiger partial charge in [-0.2, -0.15) is 0 Å². The van der Waals surface area contributed by atoms with Crippen LogP contribution >= 0.6 is 57.1 Å². The zero-order chi connectivity index (χ0) is 83.4. The number of hydrogen-bond donors (Lipinski definition) is 18. The molecule has 606 valence electrons. The molecule has 1 aliphatic carbocycles. The number of aromatic nitrogens is 5. The highest BCUT2D eigenvalue weighted by atomic mass is 32.2. The molecule has 10 rings (SSSR count). The Labute approximate surface area is 671 Å². The summed E-state index contributed by atoms with van der Waals surface area (Å²) in [6, 6.07) is -11.4. The first-order chi connectivity index (χ1) is 53.7. The molecular weight excluding hydrogens is 1580 g/mol. The smallest absolute Gasteiger partial charge is 0.357 e. The Balaban J connectivity index is 1.25. The number of allylic oxidation sites excluding steroid dienone is 1. The first kappa shape index (κ1) is 85.9. The number of thiazole rings is 4. The summed E-state index contributed by atoms with van der Waals surface area (Å²) < 4.78 is 6.28. The molecule has 18 N–H and O–H groups in total. The molecule has 0 aromatic carbocycles. The van der Waals surface area contributed by atoms with Gasteiger partial charge in [0, 0.05) is 32.8 Å². The fourth-order valence-electron chi connectivity index (χ4n) is 11.9. The van der Waals surface area contributed by atoms with Crippen molar-refractivity contribution in [2.24, 2.45) is 65.8 Å². The van der Waals surface area contributed by atoms with Crippen molar-refractivity contribution in [2.45, 2.75) is 185 Å². The molecule has 0 saturated heterocycles. The number of esters is 1. The number of pyridine rings is 1. The van der Waals surface area contributed by atoms with E-state index in [2.05, 4.69) is 84.9 Å². The minimum absolute atomic E-state index is 0.0242. The third-order valence-corrected chi connectivity index (χ3v) is 23.7. The monoisotopic (exact) mass is 1660 g/mol. The molecule has 37 nitrogen and oxygen atoms in total. The largest absolute Gasteiger partial charge is 0.495 e. The van der Waals surface area contributed by atoms with Crippen LogP contribution in [0.4, 0.5) is 0 Å². The topological polar surface area (TPSA) is 599 Å². The van der Waals surface area contributed by atoms with Crippen molar-refractivity contribution in [3.63, 3.8) is 0 Å². The highest BCUT2D eigenvalue weighted by Gasteiger charge is 2.50. The number of nitrogens with zero attached hydrogens (tertiary/aromatic N) is 17. The van der Waals surface area contributed by atoms with Crippen molar-refractivity contribution in [2.75, 3.05) is 5.75 Å². The van der Waals surface area contributed by atoms with Crippen molar-refractivity contribution < 1.29 is 91.2 Å². The number of cyclic esters (lactones) is 1. The van der Waals surface area contributed by atoms with E-state index in [1.807, 2.05) is 6.92 Å². The number of aliphatic imine (C=N–C) groups is 12. The first-order valence-electron chi connectivity index (χ1n) is 35.3. The molecule has 17 atom stereocenters. The highest BCUT2D eigenvalue weighted by molar-refractivity contribution is 8.14. The molecule has 4 aliphatic heterocycles. The molecule has 4 unspecified atom stereocenters. The lowest BCUT2D eigenvalue weighted by Gasteiger charge is -2.37. The van der Waals surface area contributed by atoms with Gasteiger partial charge in [0.25, 0.3) is 0 Å². The number of nitrogens with one attached hydrogen (secondary N) is 2. The van der Waals surface area contributed by atoms with Crippen molar-refractivity contribution >= 4 is 145 Å². The van der Waals surface area contributed by atoms with Gasteiger partial charge < -0.3 is 86.4 Å². The molecule has 42 heteroatoms. The second-order valence-corrected chi connectivity index (χ2v) is 31.7. The predicted octanol–water partition coefficient (Wildman–Crippen LogP) is 9.43. The number of carbonyl (C=O) groups excluding carboxylic acids is 1. The van der Waals surface area contributed by atoms with E-state index in [0.717, 1.165) is 57.1 Å². The summed E-state index contributed by atoms with van der Waals surface area (Å²) in [5.74, 6) is -10.6. The van der Waals surface area contributed by atoms with Gasteiger partial charge in [-0.25, -0.2) is 79.6 Å². The lowest BCUT2D eigenvalue weighted by Crippen LogP contribution is -2.49. The van der Waals surface area contributed by atoms with E-state index < -0.39 is 196 Å². The van der Waals surface area contributed by atoms with Gasteiger partial charge >= 0.3 is 5.97 Å². The molecule has 0 spiro atoms. The van der Waals surface area contributed by atoms with Crippen LogP contribution in [-0.4, -0.2) is 254 Å². The molecule has 0 saturated carbocycles. The van der Waals surface area contributed by atoms with Crippen LogP contribution in [0.1, 0.15) is 189 Å². The van der Waals surface area contributed by atoms with Crippen molar-refractivity contribution in [1.29, 1.82) is 5.41 Å². The molecule has 0 radical (unpaired) electrons. The van der Waals surface area contributed by atoms with Crippen LogP contribution in [0.5, 0.6) is 0 Å². The normalized spacial score (nSPS) is 27.3. The Bertz CT molecular complexity index is 5060. The Morgan fingerprint density at radius 3 is 2.13 bits per heavy atom. The summed E-state index contributed by atoms with van der Waals surface area (Å²) in [4.78, 5) is 91.8. The summed E-state index contributed by atoms with van der Waals surface area (Å²) in [6.07, 6.45) is -2.92. The number of thioether (sulfide) groups is 1. The zero-order valence-electron chi connectivity index (χ0n) is 62.8. The van der Waals surface area contributed by atoms with E-state index in [-0.39, 0.29) is 94.7 Å². The van der Waals surface area contributed by atoms with Crippen LogP contribution in [0, 0.1) is 11.3 Å². The zero-order valence-corrected chi connectivity index (χ0v) is 66.9. The summed E-state index contributed by atoms with van der Waals surface area (Å²) in [5.41, 5.74) is -6.70. The maximum Gasteiger partial charge on any atom is 0.357 e. The van der Waals surface area contributed by atoms with E-state index >= 15 is 4.79 Å². The Kier molecular flexibility index (Phi) is 26.7. The maximum absolute atomic E-state index is 15.1. The number of rotatable bonds is 12. The second kappa shape index (κ2) is 35.5. The SMILES string of the molecule is C=C(N=C(O)C(=C)N=C(O)c1csc(C2=N[C@@H]3c4csc(n4)[C@H]4N=C(O)c5csc(n5)[C@H]([C@](C)(O)[C@@H](C)O)N=C(O)C5CSC(=N5)/C(=C/C)N=C(O)[C@H]([C@@H](C)O)N=C(O)c5csc(n5)[C@]3(CC2)N=C(O)[C@H](C)N=C(O)C(=C)N=C(O)[C@H](C)N=C(O)C([C@@H](C)CC)NC2C=Cc3c([C@@H](C)O)cc(nc3[C@H]2O)C(=O)OC4C)n1)C(=N)O. The highest BCUT2D eigenvalue weighted by Crippen LogP contribution is 2.51. The molecule has 5 aliphatic rings. The molecular formula is C72H85N19O18S5. The van der Waals surface area contributed by atoms with Gasteiger partial charge in [0.2, 0.25) is 59.0 Å². The molecule has 5 aromatic heterocycles.